The number of carboxylic acid groups (broad SMARTS) is 1. The second-order valence-corrected chi connectivity index (χ2v) is 9.68. The van der Waals surface area contributed by atoms with E-state index in [9.17, 15) is 23.1 Å². The maximum absolute atomic E-state index is 13.1. The number of aromatic nitrogens is 1. The normalized spacial score (nSPS) is 16.1. The van der Waals surface area contributed by atoms with Crippen molar-refractivity contribution in [3.63, 3.8) is 0 Å². The molecule has 0 saturated carbocycles. The van der Waals surface area contributed by atoms with Crippen LogP contribution in [0.1, 0.15) is 57.2 Å². The van der Waals surface area contributed by atoms with Crippen molar-refractivity contribution >= 4 is 33.8 Å². The Hall–Kier alpha value is -2.33. The third-order valence-electron chi connectivity index (χ3n) is 5.61. The Kier molecular flexibility index (Phi) is 8.23. The molecule has 3 rings (SSSR count). The first-order valence-electron chi connectivity index (χ1n) is 11.0. The Bertz CT molecular complexity index is 943. The van der Waals surface area contributed by atoms with Crippen LogP contribution in [0.5, 0.6) is 0 Å². The van der Waals surface area contributed by atoms with Crippen LogP contribution in [0, 0.1) is 5.92 Å². The lowest BCUT2D eigenvalue weighted by molar-refractivity contribution is -0.140. The molecular weight excluding hydrogens is 455 g/mol. The number of hydrogen-bond donors (Lipinski definition) is 2. The molecule has 10 heteroatoms. The van der Waals surface area contributed by atoms with Crippen molar-refractivity contribution in [1.82, 2.24) is 4.98 Å². The number of thiazole rings is 1. The number of aliphatic carboxylic acids is 1. The van der Waals surface area contributed by atoms with Crippen molar-refractivity contribution in [2.75, 3.05) is 30.0 Å². The van der Waals surface area contributed by atoms with Crippen LogP contribution in [0.2, 0.25) is 0 Å². The fraction of sp³-hybridized carbons (Fsp3) is 0.565. The van der Waals surface area contributed by atoms with Gasteiger partial charge in [0.05, 0.1) is 17.8 Å². The van der Waals surface area contributed by atoms with Gasteiger partial charge in [0.2, 0.25) is 0 Å². The standard InChI is InChI=1S/C23H30F3N3O3S/c1-14(2)12-29(17-6-8-32-9-7-17)19-5-4-16(15(3)10-21(30)31)11-18(19)27-22-28-20(13-33-22)23(24,25)26/h4-5,11,13-15,17H,6-10,12H2,1-3H3,(H,27,28)(H,30,31)/t15-/m1/s1. The fourth-order valence-electron chi connectivity index (χ4n) is 4.00. The van der Waals surface area contributed by atoms with E-state index in [4.69, 9.17) is 4.74 Å². The van der Waals surface area contributed by atoms with Crippen LogP contribution >= 0.6 is 11.3 Å². The van der Waals surface area contributed by atoms with E-state index in [1.807, 2.05) is 25.1 Å². The van der Waals surface area contributed by atoms with Crippen LogP contribution in [0.25, 0.3) is 0 Å². The molecule has 182 valence electrons. The summed E-state index contributed by atoms with van der Waals surface area (Å²) in [5.74, 6) is -0.789. The molecule has 33 heavy (non-hydrogen) atoms. The van der Waals surface area contributed by atoms with E-state index >= 15 is 0 Å². The van der Waals surface area contributed by atoms with Gasteiger partial charge in [0.15, 0.2) is 10.8 Å². The Morgan fingerprint density at radius 3 is 2.58 bits per heavy atom. The van der Waals surface area contributed by atoms with Crippen molar-refractivity contribution in [2.24, 2.45) is 5.92 Å². The Morgan fingerprint density at radius 1 is 1.30 bits per heavy atom. The molecule has 1 aromatic carbocycles. The average molecular weight is 486 g/mol. The van der Waals surface area contributed by atoms with Crippen LogP contribution < -0.4 is 10.2 Å². The molecule has 1 fully saturated rings. The number of nitrogens with zero attached hydrogens (tertiary/aromatic N) is 2. The van der Waals surface area contributed by atoms with Gasteiger partial charge in [0, 0.05) is 31.2 Å². The molecule has 0 radical (unpaired) electrons. The molecule has 2 aromatic rings. The summed E-state index contributed by atoms with van der Waals surface area (Å²) in [5, 5.41) is 13.4. The van der Waals surface area contributed by atoms with Gasteiger partial charge in [-0.3, -0.25) is 4.79 Å². The quantitative estimate of drug-likeness (QED) is 0.445. The highest BCUT2D eigenvalue weighted by molar-refractivity contribution is 7.13. The predicted octanol–water partition coefficient (Wildman–Crippen LogP) is 6.13. The zero-order valence-electron chi connectivity index (χ0n) is 19.0. The molecule has 0 bridgehead atoms. The van der Waals surface area contributed by atoms with Gasteiger partial charge in [0.25, 0.3) is 0 Å². The maximum Gasteiger partial charge on any atom is 0.434 e. The number of hydrogen-bond acceptors (Lipinski definition) is 6. The van der Waals surface area contributed by atoms with E-state index in [0.717, 1.165) is 47.4 Å². The first-order valence-corrected chi connectivity index (χ1v) is 11.9. The monoisotopic (exact) mass is 485 g/mol. The highest BCUT2D eigenvalue weighted by Crippen LogP contribution is 2.38. The molecule has 1 atom stereocenters. The highest BCUT2D eigenvalue weighted by atomic mass is 32.1. The lowest BCUT2D eigenvalue weighted by Gasteiger charge is -2.38. The number of rotatable bonds is 9. The minimum atomic E-state index is -4.51. The van der Waals surface area contributed by atoms with Crippen LogP contribution in [0.15, 0.2) is 23.6 Å². The van der Waals surface area contributed by atoms with Gasteiger partial charge in [-0.25, -0.2) is 4.98 Å². The van der Waals surface area contributed by atoms with Crippen LogP contribution in [-0.4, -0.2) is 41.9 Å². The molecule has 0 unspecified atom stereocenters. The summed E-state index contributed by atoms with van der Waals surface area (Å²) in [6.07, 6.45) is -2.83. The molecule has 6 nitrogen and oxygen atoms in total. The smallest absolute Gasteiger partial charge is 0.434 e. The minimum Gasteiger partial charge on any atom is -0.481 e. The van der Waals surface area contributed by atoms with Crippen LogP contribution in [0.4, 0.5) is 29.7 Å². The number of ether oxygens (including phenoxy) is 1. The van der Waals surface area contributed by atoms with Crippen LogP contribution in [0.3, 0.4) is 0 Å². The van der Waals surface area contributed by atoms with Gasteiger partial charge < -0.3 is 20.1 Å². The average Bonchev–Trinajstić information content (AvgIpc) is 3.21. The van der Waals surface area contributed by atoms with Crippen LogP contribution in [-0.2, 0) is 15.7 Å². The van der Waals surface area contributed by atoms with Gasteiger partial charge in [-0.2, -0.15) is 13.2 Å². The van der Waals surface area contributed by atoms with Crippen molar-refractivity contribution in [3.8, 4) is 0 Å². The topological polar surface area (TPSA) is 74.7 Å². The van der Waals surface area contributed by atoms with Gasteiger partial charge >= 0.3 is 12.1 Å². The summed E-state index contributed by atoms with van der Waals surface area (Å²) < 4.78 is 44.7. The molecular formula is C23H30F3N3O3S. The molecule has 1 saturated heterocycles. The third kappa shape index (κ3) is 6.83. The second-order valence-electron chi connectivity index (χ2n) is 8.83. The molecule has 2 N–H and O–H groups in total. The van der Waals surface area contributed by atoms with E-state index in [2.05, 4.69) is 29.0 Å². The summed E-state index contributed by atoms with van der Waals surface area (Å²) in [6, 6.07) is 5.92. The Balaban J connectivity index is 2.01. The van der Waals surface area contributed by atoms with Crippen molar-refractivity contribution in [1.29, 1.82) is 0 Å². The lowest BCUT2D eigenvalue weighted by atomic mass is 9.95. The number of halogens is 3. The number of alkyl halides is 3. The van der Waals surface area contributed by atoms with E-state index in [1.165, 1.54) is 0 Å². The van der Waals surface area contributed by atoms with Crippen molar-refractivity contribution < 1.29 is 27.8 Å². The predicted molar refractivity (Wildman–Crippen MR) is 124 cm³/mol. The third-order valence-corrected chi connectivity index (χ3v) is 6.37. The minimum absolute atomic E-state index is 0.0378. The largest absolute Gasteiger partial charge is 0.481 e. The van der Waals surface area contributed by atoms with Gasteiger partial charge in [-0.05, 0) is 42.4 Å². The highest BCUT2D eigenvalue weighted by Gasteiger charge is 2.34. The molecule has 0 amide bonds. The fourth-order valence-corrected chi connectivity index (χ4v) is 4.73. The SMILES string of the molecule is CC(C)CN(c1ccc([C@H](C)CC(=O)O)cc1Nc1nc(C(F)(F)F)cs1)C1CCOCC1. The maximum atomic E-state index is 13.1. The molecule has 1 aromatic heterocycles. The Labute approximate surface area is 195 Å². The molecule has 0 spiro atoms. The van der Waals surface area contributed by atoms with E-state index in [1.54, 1.807) is 0 Å². The lowest BCUT2D eigenvalue weighted by Crippen LogP contribution is -2.42. The van der Waals surface area contributed by atoms with E-state index in [-0.39, 0.29) is 23.5 Å². The number of carbonyl (C=O) groups is 1. The van der Waals surface area contributed by atoms with Gasteiger partial charge in [0.1, 0.15) is 0 Å². The zero-order chi connectivity index (χ0) is 24.2. The molecule has 1 aliphatic heterocycles. The summed E-state index contributed by atoms with van der Waals surface area (Å²) in [6.45, 7) is 8.17. The zero-order valence-corrected chi connectivity index (χ0v) is 19.8. The second kappa shape index (κ2) is 10.7. The summed E-state index contributed by atoms with van der Waals surface area (Å²) in [5.41, 5.74) is 1.36. The summed E-state index contributed by atoms with van der Waals surface area (Å²) in [4.78, 5) is 17.2. The van der Waals surface area contributed by atoms with E-state index in [0.29, 0.717) is 24.8 Å². The number of nitrogens with one attached hydrogen (secondary N) is 1. The van der Waals surface area contributed by atoms with Gasteiger partial charge in [-0.15, -0.1) is 11.3 Å². The summed E-state index contributed by atoms with van der Waals surface area (Å²) in [7, 11) is 0. The van der Waals surface area contributed by atoms with Gasteiger partial charge in [-0.1, -0.05) is 26.8 Å². The number of carboxylic acids is 1. The number of anilines is 3. The first-order chi connectivity index (χ1) is 15.5. The van der Waals surface area contributed by atoms with Crippen molar-refractivity contribution in [3.05, 3.63) is 34.8 Å². The Morgan fingerprint density at radius 2 is 2.00 bits per heavy atom. The molecule has 0 aliphatic carbocycles. The first kappa shape index (κ1) is 25.3. The summed E-state index contributed by atoms with van der Waals surface area (Å²) >= 11 is 0.891. The van der Waals surface area contributed by atoms with E-state index < -0.39 is 17.8 Å². The van der Waals surface area contributed by atoms with Crippen molar-refractivity contribution in [2.45, 2.75) is 58.2 Å². The molecule has 2 heterocycles. The molecule has 1 aliphatic rings. The number of benzene rings is 1.